The average Bonchev–Trinajstić information content (AvgIpc) is 3.14. The third kappa shape index (κ3) is 4.69. The highest BCUT2D eigenvalue weighted by molar-refractivity contribution is 7.10. The molecule has 0 fully saturated rings. The van der Waals surface area contributed by atoms with Gasteiger partial charge in [0, 0.05) is 16.3 Å². The number of carbonyl (C=O) groups excluding carboxylic acids is 1. The second-order valence-electron chi connectivity index (χ2n) is 5.88. The van der Waals surface area contributed by atoms with Crippen LogP contribution in [0.5, 0.6) is 0 Å². The fourth-order valence-corrected chi connectivity index (χ4v) is 3.72. The number of nitrogens with one attached hydrogen (secondary N) is 1. The van der Waals surface area contributed by atoms with Crippen molar-refractivity contribution in [2.24, 2.45) is 0 Å². The quantitative estimate of drug-likeness (QED) is 0.673. The molecular weight excluding hydrogens is 352 g/mol. The Morgan fingerprint density at radius 2 is 1.88 bits per heavy atom. The number of nitrogens with two attached hydrogens (primary N) is 1. The summed E-state index contributed by atoms with van der Waals surface area (Å²) >= 11 is 7.69. The Kier molecular flexibility index (Phi) is 5.87. The van der Waals surface area contributed by atoms with Crippen molar-refractivity contribution < 1.29 is 10.1 Å². The topological polar surface area (TPSA) is 45.7 Å². The molecule has 0 aliphatic heterocycles. The summed E-state index contributed by atoms with van der Waals surface area (Å²) in [6.45, 7) is 1.92. The number of hydrogen-bond acceptors (Lipinski definition) is 2. The van der Waals surface area contributed by atoms with E-state index in [9.17, 15) is 4.79 Å². The lowest BCUT2D eigenvalue weighted by molar-refractivity contribution is -0.703. The first-order valence-corrected chi connectivity index (χ1v) is 9.39. The van der Waals surface area contributed by atoms with E-state index < -0.39 is 0 Å². The number of hydrogen-bond donors (Lipinski definition) is 2. The van der Waals surface area contributed by atoms with Gasteiger partial charge in [0.05, 0.1) is 4.88 Å². The normalized spacial score (nSPS) is 13.2. The van der Waals surface area contributed by atoms with Gasteiger partial charge in [0.2, 0.25) is 0 Å². The molecule has 0 spiro atoms. The van der Waals surface area contributed by atoms with E-state index in [0.717, 1.165) is 0 Å². The molecule has 3 N–H and O–H groups in total. The summed E-state index contributed by atoms with van der Waals surface area (Å²) in [7, 11) is 0. The van der Waals surface area contributed by atoms with E-state index >= 15 is 0 Å². The van der Waals surface area contributed by atoms with Crippen molar-refractivity contribution in [2.45, 2.75) is 19.0 Å². The maximum Gasteiger partial charge on any atom is 0.282 e. The van der Waals surface area contributed by atoms with Crippen molar-refractivity contribution in [1.29, 1.82) is 0 Å². The van der Waals surface area contributed by atoms with Gasteiger partial charge >= 0.3 is 0 Å². The Morgan fingerprint density at radius 3 is 2.56 bits per heavy atom. The molecule has 2 atom stereocenters. The van der Waals surface area contributed by atoms with Gasteiger partial charge in [0.1, 0.15) is 6.04 Å². The van der Waals surface area contributed by atoms with Crippen molar-refractivity contribution in [2.75, 3.05) is 5.32 Å². The van der Waals surface area contributed by atoms with Gasteiger partial charge in [-0.05, 0) is 36.6 Å². The highest BCUT2D eigenvalue weighted by Crippen LogP contribution is 2.22. The van der Waals surface area contributed by atoms with Gasteiger partial charge in [-0.1, -0.05) is 54.1 Å². The van der Waals surface area contributed by atoms with Gasteiger partial charge in [-0.3, -0.25) is 4.79 Å². The second-order valence-corrected chi connectivity index (χ2v) is 7.30. The number of quaternary nitrogens is 1. The zero-order chi connectivity index (χ0) is 17.6. The molecule has 0 radical (unpaired) electrons. The summed E-state index contributed by atoms with van der Waals surface area (Å²) in [5.41, 5.74) is 1.90. The first kappa shape index (κ1) is 17.7. The van der Waals surface area contributed by atoms with E-state index in [1.165, 1.54) is 10.4 Å². The monoisotopic (exact) mass is 371 g/mol. The molecular formula is C20H20ClN2OS+. The number of halogens is 1. The van der Waals surface area contributed by atoms with E-state index in [2.05, 4.69) is 34.2 Å². The minimum absolute atomic E-state index is 0.0419. The lowest BCUT2D eigenvalue weighted by atomic mass is 10.0. The molecule has 25 heavy (non-hydrogen) atoms. The fraction of sp³-hybridized carbons (Fsp3) is 0.150. The predicted octanol–water partition coefficient (Wildman–Crippen LogP) is 4.08. The molecule has 0 saturated heterocycles. The summed E-state index contributed by atoms with van der Waals surface area (Å²) in [6, 6.07) is 21.5. The molecule has 5 heteroatoms. The molecule has 3 rings (SSSR count). The van der Waals surface area contributed by atoms with E-state index in [1.54, 1.807) is 23.5 Å². The molecule has 2 aromatic carbocycles. The van der Waals surface area contributed by atoms with Crippen LogP contribution in [0.1, 0.15) is 23.4 Å². The number of thiophene rings is 1. The standard InChI is InChI=1S/C20H19ClN2OS/c1-14(20(24)23-17-10-5-9-16(21)13-17)22-19(18-11-6-12-25-18)15-7-3-2-4-8-15/h2-14,19,22H,1H3,(H,23,24)/p+1/t14-,19+/m0/s1. The van der Waals surface area contributed by atoms with Crippen molar-refractivity contribution in [3.8, 4) is 0 Å². The number of amides is 1. The van der Waals surface area contributed by atoms with E-state index in [4.69, 9.17) is 11.6 Å². The van der Waals surface area contributed by atoms with Crippen LogP contribution < -0.4 is 10.6 Å². The Hall–Kier alpha value is -2.14. The molecule has 0 saturated carbocycles. The Labute approximate surface area is 156 Å². The molecule has 128 valence electrons. The zero-order valence-electron chi connectivity index (χ0n) is 13.9. The van der Waals surface area contributed by atoms with Crippen molar-refractivity contribution in [3.05, 3.63) is 87.6 Å². The second kappa shape index (κ2) is 8.30. The van der Waals surface area contributed by atoms with Gasteiger partial charge < -0.3 is 10.6 Å². The highest BCUT2D eigenvalue weighted by atomic mass is 35.5. The van der Waals surface area contributed by atoms with Crippen LogP contribution >= 0.6 is 22.9 Å². The Balaban J connectivity index is 1.74. The first-order chi connectivity index (χ1) is 12.1. The zero-order valence-corrected chi connectivity index (χ0v) is 15.4. The molecule has 1 heterocycles. The van der Waals surface area contributed by atoms with Crippen molar-refractivity contribution in [1.82, 2.24) is 0 Å². The smallest absolute Gasteiger partial charge is 0.282 e. The minimum atomic E-state index is -0.244. The largest absolute Gasteiger partial charge is 0.326 e. The maximum absolute atomic E-state index is 12.6. The fourth-order valence-electron chi connectivity index (χ4n) is 2.70. The SMILES string of the molecule is C[C@H]([NH2+][C@H](c1ccccc1)c1cccs1)C(=O)Nc1cccc(Cl)c1. The van der Waals surface area contributed by atoms with Crippen LogP contribution in [0, 0.1) is 0 Å². The summed E-state index contributed by atoms with van der Waals surface area (Å²) in [6.07, 6.45) is 0. The van der Waals surface area contributed by atoms with E-state index in [-0.39, 0.29) is 18.0 Å². The van der Waals surface area contributed by atoms with Gasteiger partial charge in [-0.25, -0.2) is 0 Å². The average molecular weight is 372 g/mol. The van der Waals surface area contributed by atoms with Crippen molar-refractivity contribution in [3.63, 3.8) is 0 Å². The number of carbonyl (C=O) groups is 1. The van der Waals surface area contributed by atoms with Crippen LogP contribution in [-0.2, 0) is 4.79 Å². The van der Waals surface area contributed by atoms with Crippen LogP contribution in [0.4, 0.5) is 5.69 Å². The first-order valence-electron chi connectivity index (χ1n) is 8.13. The van der Waals surface area contributed by atoms with E-state index in [0.29, 0.717) is 10.7 Å². The van der Waals surface area contributed by atoms with Crippen LogP contribution in [0.15, 0.2) is 72.1 Å². The van der Waals surface area contributed by atoms with Crippen molar-refractivity contribution >= 4 is 34.5 Å². The van der Waals surface area contributed by atoms with Crippen LogP contribution in [0.25, 0.3) is 0 Å². The molecule has 3 aromatic rings. The summed E-state index contributed by atoms with van der Waals surface area (Å²) in [4.78, 5) is 13.8. The molecule has 0 bridgehead atoms. The molecule has 0 unspecified atom stereocenters. The van der Waals surface area contributed by atoms with Gasteiger partial charge in [0.25, 0.3) is 5.91 Å². The van der Waals surface area contributed by atoms with Crippen LogP contribution in [0.3, 0.4) is 0 Å². The van der Waals surface area contributed by atoms with Gasteiger partial charge in [0.15, 0.2) is 6.04 Å². The Morgan fingerprint density at radius 1 is 1.08 bits per heavy atom. The Bertz CT molecular complexity index is 821. The molecule has 3 nitrogen and oxygen atoms in total. The summed E-state index contributed by atoms with van der Waals surface area (Å²) in [5, 5.41) is 7.70. The molecule has 1 amide bonds. The molecule has 0 aliphatic carbocycles. The predicted molar refractivity (Wildman–Crippen MR) is 104 cm³/mol. The third-order valence-electron chi connectivity index (χ3n) is 4.00. The maximum atomic E-state index is 12.6. The van der Waals surface area contributed by atoms with Crippen LogP contribution in [0.2, 0.25) is 5.02 Å². The highest BCUT2D eigenvalue weighted by Gasteiger charge is 2.25. The summed E-state index contributed by atoms with van der Waals surface area (Å²) < 4.78 is 0. The number of rotatable bonds is 6. The van der Waals surface area contributed by atoms with Crippen LogP contribution in [-0.4, -0.2) is 11.9 Å². The third-order valence-corrected chi connectivity index (χ3v) is 5.19. The lowest BCUT2D eigenvalue weighted by Crippen LogP contribution is -2.92. The number of anilines is 1. The van der Waals surface area contributed by atoms with Gasteiger partial charge in [-0.15, -0.1) is 11.3 Å². The minimum Gasteiger partial charge on any atom is -0.326 e. The van der Waals surface area contributed by atoms with E-state index in [1.807, 2.05) is 43.3 Å². The number of benzene rings is 2. The summed E-state index contributed by atoms with van der Waals surface area (Å²) in [5.74, 6) is -0.0419. The lowest BCUT2D eigenvalue weighted by Gasteiger charge is -2.19. The molecule has 0 aliphatic rings. The van der Waals surface area contributed by atoms with Gasteiger partial charge in [-0.2, -0.15) is 0 Å². The molecule has 1 aromatic heterocycles.